The fourth-order valence-corrected chi connectivity index (χ4v) is 2.97. The standard InChI is InChI=1S/C16H24F2N2O3S/c1-3-5-7-12(4-2)11-19-16(21)20-13-8-6-9-14(10-13)24(22,23)15(17)18/h6,8-10,12,15H,3-5,7,11H2,1-2H3,(H2,19,20,21). The summed E-state index contributed by atoms with van der Waals surface area (Å²) in [6, 6.07) is 4.36. The van der Waals surface area contributed by atoms with Gasteiger partial charge in [-0.1, -0.05) is 39.2 Å². The molecule has 0 fully saturated rings. The first-order valence-corrected chi connectivity index (χ1v) is 9.52. The molecule has 1 atom stereocenters. The van der Waals surface area contributed by atoms with Crippen molar-refractivity contribution < 1.29 is 22.0 Å². The molecule has 1 aromatic carbocycles. The minimum absolute atomic E-state index is 0.149. The fraction of sp³-hybridized carbons (Fsp3) is 0.562. The number of unbranched alkanes of at least 4 members (excludes halogenated alkanes) is 1. The quantitative estimate of drug-likeness (QED) is 0.697. The Balaban J connectivity index is 2.65. The number of sulfone groups is 1. The molecule has 1 rings (SSSR count). The number of hydrogen-bond acceptors (Lipinski definition) is 3. The Morgan fingerprint density at radius 1 is 1.25 bits per heavy atom. The summed E-state index contributed by atoms with van der Waals surface area (Å²) in [5.41, 5.74) is 0.149. The highest BCUT2D eigenvalue weighted by Crippen LogP contribution is 2.21. The number of rotatable bonds is 9. The molecule has 0 saturated heterocycles. The molecule has 2 amide bonds. The molecule has 1 unspecified atom stereocenters. The molecule has 24 heavy (non-hydrogen) atoms. The summed E-state index contributed by atoms with van der Waals surface area (Å²) in [6.45, 7) is 4.67. The number of halogens is 2. The molecule has 0 bridgehead atoms. The van der Waals surface area contributed by atoms with Crippen LogP contribution in [0.2, 0.25) is 0 Å². The van der Waals surface area contributed by atoms with Crippen molar-refractivity contribution in [3.63, 3.8) is 0 Å². The topological polar surface area (TPSA) is 75.3 Å². The molecule has 0 heterocycles. The Morgan fingerprint density at radius 3 is 2.54 bits per heavy atom. The SMILES string of the molecule is CCCCC(CC)CNC(=O)Nc1cccc(S(=O)(=O)C(F)F)c1. The Morgan fingerprint density at radius 2 is 1.96 bits per heavy atom. The van der Waals surface area contributed by atoms with Gasteiger partial charge in [0.05, 0.1) is 4.90 Å². The monoisotopic (exact) mass is 362 g/mol. The zero-order chi connectivity index (χ0) is 18.2. The van der Waals surface area contributed by atoms with Crippen molar-refractivity contribution in [1.82, 2.24) is 5.32 Å². The van der Waals surface area contributed by atoms with Crippen molar-refractivity contribution in [3.05, 3.63) is 24.3 Å². The van der Waals surface area contributed by atoms with E-state index in [2.05, 4.69) is 24.5 Å². The van der Waals surface area contributed by atoms with Crippen molar-refractivity contribution in [2.75, 3.05) is 11.9 Å². The zero-order valence-corrected chi connectivity index (χ0v) is 14.7. The lowest BCUT2D eigenvalue weighted by atomic mass is 9.99. The van der Waals surface area contributed by atoms with Crippen molar-refractivity contribution >= 4 is 21.6 Å². The number of nitrogens with one attached hydrogen (secondary N) is 2. The highest BCUT2D eigenvalue weighted by molar-refractivity contribution is 7.91. The first kappa shape index (κ1) is 20.3. The number of amides is 2. The molecule has 0 aliphatic rings. The van der Waals surface area contributed by atoms with Crippen molar-refractivity contribution in [1.29, 1.82) is 0 Å². The van der Waals surface area contributed by atoms with Crippen LogP contribution in [0.1, 0.15) is 39.5 Å². The van der Waals surface area contributed by atoms with Crippen LogP contribution in [0.15, 0.2) is 29.2 Å². The Labute approximate surface area is 141 Å². The highest BCUT2D eigenvalue weighted by atomic mass is 32.2. The lowest BCUT2D eigenvalue weighted by molar-refractivity contribution is 0.235. The van der Waals surface area contributed by atoms with E-state index in [1.807, 2.05) is 0 Å². The van der Waals surface area contributed by atoms with Crippen LogP contribution >= 0.6 is 0 Å². The summed E-state index contributed by atoms with van der Waals surface area (Å²) >= 11 is 0. The van der Waals surface area contributed by atoms with Crippen LogP contribution in [0.5, 0.6) is 0 Å². The molecule has 0 saturated carbocycles. The summed E-state index contributed by atoms with van der Waals surface area (Å²) in [5, 5.41) is 5.19. The molecule has 0 radical (unpaired) electrons. The van der Waals surface area contributed by atoms with E-state index in [4.69, 9.17) is 0 Å². The second kappa shape index (κ2) is 9.56. The van der Waals surface area contributed by atoms with Gasteiger partial charge in [0.2, 0.25) is 9.84 Å². The van der Waals surface area contributed by atoms with E-state index in [-0.39, 0.29) is 5.69 Å². The normalized spacial score (nSPS) is 12.9. The van der Waals surface area contributed by atoms with Crippen LogP contribution in [-0.2, 0) is 9.84 Å². The maximum Gasteiger partial charge on any atom is 0.341 e. The number of benzene rings is 1. The number of carbonyl (C=O) groups is 1. The number of hydrogen-bond donors (Lipinski definition) is 2. The van der Waals surface area contributed by atoms with E-state index < -0.39 is 26.5 Å². The van der Waals surface area contributed by atoms with Gasteiger partial charge in [0.1, 0.15) is 0 Å². The first-order chi connectivity index (χ1) is 11.3. The zero-order valence-electron chi connectivity index (χ0n) is 13.9. The summed E-state index contributed by atoms with van der Waals surface area (Å²) < 4.78 is 48.0. The largest absolute Gasteiger partial charge is 0.341 e. The molecular weight excluding hydrogens is 338 g/mol. The second-order valence-corrected chi connectivity index (χ2v) is 7.50. The third-order valence-corrected chi connectivity index (χ3v) is 5.13. The predicted molar refractivity (Wildman–Crippen MR) is 90.0 cm³/mol. The highest BCUT2D eigenvalue weighted by Gasteiger charge is 2.26. The van der Waals surface area contributed by atoms with Gasteiger partial charge in [-0.05, 0) is 30.5 Å². The van der Waals surface area contributed by atoms with E-state index in [0.717, 1.165) is 37.8 Å². The number of anilines is 1. The van der Waals surface area contributed by atoms with Crippen LogP contribution in [-0.4, -0.2) is 26.8 Å². The predicted octanol–water partition coefficient (Wildman–Crippen LogP) is 4.02. The van der Waals surface area contributed by atoms with Gasteiger partial charge < -0.3 is 10.6 Å². The van der Waals surface area contributed by atoms with E-state index in [1.165, 1.54) is 12.1 Å². The third-order valence-electron chi connectivity index (χ3n) is 3.75. The van der Waals surface area contributed by atoms with Crippen LogP contribution in [0, 0.1) is 5.92 Å². The van der Waals surface area contributed by atoms with E-state index in [9.17, 15) is 22.0 Å². The van der Waals surface area contributed by atoms with Crippen LogP contribution in [0.3, 0.4) is 0 Å². The van der Waals surface area contributed by atoms with Gasteiger partial charge in [0.15, 0.2) is 0 Å². The maximum absolute atomic E-state index is 12.6. The van der Waals surface area contributed by atoms with Crippen LogP contribution in [0.25, 0.3) is 0 Å². The van der Waals surface area contributed by atoms with Gasteiger partial charge in [-0.3, -0.25) is 0 Å². The van der Waals surface area contributed by atoms with Crippen molar-refractivity contribution in [2.24, 2.45) is 5.92 Å². The maximum atomic E-state index is 12.6. The Bertz CT molecular complexity index is 636. The second-order valence-electron chi connectivity index (χ2n) is 5.59. The molecule has 5 nitrogen and oxygen atoms in total. The molecule has 2 N–H and O–H groups in total. The molecule has 8 heteroatoms. The van der Waals surface area contributed by atoms with E-state index in [0.29, 0.717) is 12.5 Å². The fourth-order valence-electron chi connectivity index (χ4n) is 2.21. The lowest BCUT2D eigenvalue weighted by Gasteiger charge is -2.16. The van der Waals surface area contributed by atoms with Gasteiger partial charge in [0, 0.05) is 12.2 Å². The Hall–Kier alpha value is -1.70. The van der Waals surface area contributed by atoms with Gasteiger partial charge in [-0.2, -0.15) is 8.78 Å². The molecule has 0 aliphatic carbocycles. The smallest absolute Gasteiger partial charge is 0.338 e. The van der Waals surface area contributed by atoms with Gasteiger partial charge >= 0.3 is 11.8 Å². The van der Waals surface area contributed by atoms with Crippen molar-refractivity contribution in [3.8, 4) is 0 Å². The lowest BCUT2D eigenvalue weighted by Crippen LogP contribution is -2.33. The summed E-state index contributed by atoms with van der Waals surface area (Å²) in [5.74, 6) is -3.12. The molecule has 0 aromatic heterocycles. The first-order valence-electron chi connectivity index (χ1n) is 7.98. The minimum Gasteiger partial charge on any atom is -0.338 e. The van der Waals surface area contributed by atoms with Gasteiger partial charge in [-0.25, -0.2) is 13.2 Å². The van der Waals surface area contributed by atoms with Crippen LogP contribution in [0.4, 0.5) is 19.3 Å². The van der Waals surface area contributed by atoms with Gasteiger partial charge in [-0.15, -0.1) is 0 Å². The summed E-state index contributed by atoms with van der Waals surface area (Å²) in [4.78, 5) is 11.4. The third kappa shape index (κ3) is 6.07. The Kier molecular flexibility index (Phi) is 8.10. The average Bonchev–Trinajstić information content (AvgIpc) is 2.55. The van der Waals surface area contributed by atoms with Gasteiger partial charge in [0.25, 0.3) is 0 Å². The summed E-state index contributed by atoms with van der Waals surface area (Å²) in [7, 11) is -4.68. The number of carbonyl (C=O) groups excluding carboxylic acids is 1. The van der Waals surface area contributed by atoms with Crippen LogP contribution < -0.4 is 10.6 Å². The van der Waals surface area contributed by atoms with E-state index >= 15 is 0 Å². The summed E-state index contributed by atoms with van der Waals surface area (Å²) in [6.07, 6.45) is 4.15. The molecule has 136 valence electrons. The molecule has 0 aliphatic heterocycles. The molecule has 1 aromatic rings. The average molecular weight is 362 g/mol. The molecule has 0 spiro atoms. The number of alkyl halides is 2. The minimum atomic E-state index is -4.68. The number of urea groups is 1. The van der Waals surface area contributed by atoms with E-state index in [1.54, 1.807) is 0 Å². The van der Waals surface area contributed by atoms with Crippen molar-refractivity contribution in [2.45, 2.75) is 50.2 Å². The molecular formula is C16H24F2N2O3S.